The van der Waals surface area contributed by atoms with Crippen LogP contribution in [-0.4, -0.2) is 22.7 Å². The van der Waals surface area contributed by atoms with E-state index in [1.165, 1.54) is 4.90 Å². The lowest BCUT2D eigenvalue weighted by Crippen LogP contribution is -2.35. The standard InChI is InChI=1S/C24H25NO4/c1-3-15(2)24(28)29-21-18-12-8-7-11-17(18)13-19-20(21)23(27)25(22(19)26)14-16-9-5-4-6-10-16/h4-12,15,19-21H,3,13-14H2,1-2H3. The lowest BCUT2D eigenvalue weighted by molar-refractivity contribution is -0.160. The van der Waals surface area contributed by atoms with Gasteiger partial charge in [-0.25, -0.2) is 0 Å². The number of carbonyl (C=O) groups is 3. The van der Waals surface area contributed by atoms with Gasteiger partial charge in [0.15, 0.2) is 0 Å². The van der Waals surface area contributed by atoms with Crippen LogP contribution in [0.15, 0.2) is 54.6 Å². The van der Waals surface area contributed by atoms with Crippen molar-refractivity contribution in [3.05, 3.63) is 71.3 Å². The molecule has 0 bridgehead atoms. The van der Waals surface area contributed by atoms with Gasteiger partial charge in [0, 0.05) is 0 Å². The predicted octanol–water partition coefficient (Wildman–Crippen LogP) is 3.67. The van der Waals surface area contributed by atoms with Crippen LogP contribution in [0.2, 0.25) is 0 Å². The molecule has 1 aliphatic carbocycles. The Morgan fingerprint density at radius 2 is 1.76 bits per heavy atom. The second-order valence-electron chi connectivity index (χ2n) is 7.95. The SMILES string of the molecule is CCC(C)C(=O)OC1c2ccccc2CC2C(=O)N(Cc3ccccc3)C(=O)C21. The number of amides is 2. The Balaban J connectivity index is 1.68. The van der Waals surface area contributed by atoms with Gasteiger partial charge in [0.05, 0.1) is 24.3 Å². The molecule has 4 unspecified atom stereocenters. The molecule has 1 saturated heterocycles. The molecule has 4 rings (SSSR count). The second-order valence-corrected chi connectivity index (χ2v) is 7.95. The van der Waals surface area contributed by atoms with Gasteiger partial charge in [0.25, 0.3) is 0 Å². The molecule has 2 aliphatic rings. The highest BCUT2D eigenvalue weighted by Gasteiger charge is 2.55. The molecule has 4 atom stereocenters. The molecule has 1 aliphatic heterocycles. The van der Waals surface area contributed by atoms with Crippen LogP contribution in [0.5, 0.6) is 0 Å². The van der Waals surface area contributed by atoms with E-state index in [1.54, 1.807) is 0 Å². The zero-order valence-electron chi connectivity index (χ0n) is 16.7. The molecule has 0 saturated carbocycles. The number of hydrogen-bond donors (Lipinski definition) is 0. The molecule has 150 valence electrons. The van der Waals surface area contributed by atoms with Crippen LogP contribution in [-0.2, 0) is 32.1 Å². The molecular formula is C24H25NO4. The van der Waals surface area contributed by atoms with E-state index in [4.69, 9.17) is 4.74 Å². The van der Waals surface area contributed by atoms with Crippen molar-refractivity contribution in [1.82, 2.24) is 4.90 Å². The largest absolute Gasteiger partial charge is 0.456 e. The van der Waals surface area contributed by atoms with Crippen molar-refractivity contribution in [3.8, 4) is 0 Å². The zero-order chi connectivity index (χ0) is 20.5. The van der Waals surface area contributed by atoms with Gasteiger partial charge in [-0.15, -0.1) is 0 Å². The topological polar surface area (TPSA) is 63.7 Å². The number of carbonyl (C=O) groups excluding carboxylic acids is 3. The molecule has 29 heavy (non-hydrogen) atoms. The minimum Gasteiger partial charge on any atom is -0.456 e. The summed E-state index contributed by atoms with van der Waals surface area (Å²) in [5.41, 5.74) is 2.71. The van der Waals surface area contributed by atoms with Gasteiger partial charge in [-0.1, -0.05) is 68.4 Å². The fraction of sp³-hybridized carbons (Fsp3) is 0.375. The van der Waals surface area contributed by atoms with Crippen molar-refractivity contribution in [1.29, 1.82) is 0 Å². The summed E-state index contributed by atoms with van der Waals surface area (Å²) in [6.45, 7) is 3.99. The van der Waals surface area contributed by atoms with E-state index in [9.17, 15) is 14.4 Å². The van der Waals surface area contributed by atoms with Gasteiger partial charge in [0.2, 0.25) is 11.8 Å². The normalized spacial score (nSPS) is 24.1. The highest BCUT2D eigenvalue weighted by atomic mass is 16.5. The van der Waals surface area contributed by atoms with Crippen molar-refractivity contribution in [3.63, 3.8) is 0 Å². The van der Waals surface area contributed by atoms with Gasteiger partial charge in [-0.3, -0.25) is 19.3 Å². The molecule has 0 radical (unpaired) electrons. The Morgan fingerprint density at radius 1 is 1.07 bits per heavy atom. The van der Waals surface area contributed by atoms with Gasteiger partial charge >= 0.3 is 5.97 Å². The lowest BCUT2D eigenvalue weighted by Gasteiger charge is -2.33. The smallest absolute Gasteiger partial charge is 0.309 e. The first-order valence-electron chi connectivity index (χ1n) is 10.2. The number of rotatable bonds is 5. The summed E-state index contributed by atoms with van der Waals surface area (Å²) in [5.74, 6) is -2.15. The molecule has 0 aromatic heterocycles. The third-order valence-corrected chi connectivity index (χ3v) is 6.14. The summed E-state index contributed by atoms with van der Waals surface area (Å²) in [4.78, 5) is 40.4. The number of esters is 1. The second kappa shape index (κ2) is 7.82. The molecule has 0 N–H and O–H groups in total. The summed E-state index contributed by atoms with van der Waals surface area (Å²) in [7, 11) is 0. The van der Waals surface area contributed by atoms with E-state index < -0.39 is 17.9 Å². The van der Waals surface area contributed by atoms with Crippen LogP contribution in [0.3, 0.4) is 0 Å². The molecular weight excluding hydrogens is 366 g/mol. The van der Waals surface area contributed by atoms with Crippen LogP contribution in [0.4, 0.5) is 0 Å². The molecule has 2 aromatic rings. The van der Waals surface area contributed by atoms with Gasteiger partial charge in [-0.05, 0) is 29.5 Å². The maximum Gasteiger partial charge on any atom is 0.309 e. The van der Waals surface area contributed by atoms with E-state index in [-0.39, 0.29) is 30.2 Å². The molecule has 1 heterocycles. The number of imide groups is 1. The summed E-state index contributed by atoms with van der Waals surface area (Å²) < 4.78 is 5.86. The fourth-order valence-electron chi connectivity index (χ4n) is 4.26. The fourth-order valence-corrected chi connectivity index (χ4v) is 4.26. The summed E-state index contributed by atoms with van der Waals surface area (Å²) in [5, 5.41) is 0. The van der Waals surface area contributed by atoms with Crippen LogP contribution in [0.25, 0.3) is 0 Å². The van der Waals surface area contributed by atoms with Crippen molar-refractivity contribution in [2.45, 2.75) is 39.3 Å². The zero-order valence-corrected chi connectivity index (χ0v) is 16.7. The van der Waals surface area contributed by atoms with Crippen molar-refractivity contribution < 1.29 is 19.1 Å². The monoisotopic (exact) mass is 391 g/mol. The third kappa shape index (κ3) is 3.46. The van der Waals surface area contributed by atoms with Crippen molar-refractivity contribution >= 4 is 17.8 Å². The Bertz CT molecular complexity index is 939. The first kappa shape index (κ1) is 19.4. The molecule has 0 spiro atoms. The maximum absolute atomic E-state index is 13.3. The number of ether oxygens (including phenoxy) is 1. The van der Waals surface area contributed by atoms with E-state index in [0.717, 1.165) is 16.7 Å². The highest BCUT2D eigenvalue weighted by Crippen LogP contribution is 2.46. The number of fused-ring (bicyclic) bond motifs is 2. The highest BCUT2D eigenvalue weighted by molar-refractivity contribution is 6.06. The Kier molecular flexibility index (Phi) is 5.22. The van der Waals surface area contributed by atoms with E-state index >= 15 is 0 Å². The summed E-state index contributed by atoms with van der Waals surface area (Å²) in [6.07, 6.45) is 0.436. The number of nitrogens with zero attached hydrogens (tertiary/aromatic N) is 1. The molecule has 1 fully saturated rings. The van der Waals surface area contributed by atoms with E-state index in [2.05, 4.69) is 0 Å². The Labute approximate surface area is 170 Å². The summed E-state index contributed by atoms with van der Waals surface area (Å²) in [6, 6.07) is 17.1. The number of benzene rings is 2. The average Bonchev–Trinajstić information content (AvgIpc) is 2.98. The number of likely N-dealkylation sites (tertiary alicyclic amines) is 1. The van der Waals surface area contributed by atoms with Crippen LogP contribution in [0.1, 0.15) is 43.1 Å². The van der Waals surface area contributed by atoms with E-state index in [0.29, 0.717) is 12.8 Å². The average molecular weight is 391 g/mol. The summed E-state index contributed by atoms with van der Waals surface area (Å²) >= 11 is 0. The Hall–Kier alpha value is -2.95. The van der Waals surface area contributed by atoms with Crippen LogP contribution < -0.4 is 0 Å². The quantitative estimate of drug-likeness (QED) is 0.576. The first-order chi connectivity index (χ1) is 14.0. The molecule has 2 aromatic carbocycles. The molecule has 2 amide bonds. The minimum atomic E-state index is -0.719. The first-order valence-corrected chi connectivity index (χ1v) is 10.2. The van der Waals surface area contributed by atoms with Crippen LogP contribution in [0, 0.1) is 17.8 Å². The maximum atomic E-state index is 13.3. The lowest BCUT2D eigenvalue weighted by atomic mass is 9.75. The number of hydrogen-bond acceptors (Lipinski definition) is 4. The molecule has 5 heteroatoms. The van der Waals surface area contributed by atoms with Crippen LogP contribution >= 0.6 is 0 Å². The predicted molar refractivity (Wildman–Crippen MR) is 107 cm³/mol. The molecule has 5 nitrogen and oxygen atoms in total. The van der Waals surface area contributed by atoms with Gasteiger partial charge in [0.1, 0.15) is 6.10 Å². The van der Waals surface area contributed by atoms with Crippen molar-refractivity contribution in [2.75, 3.05) is 0 Å². The third-order valence-electron chi connectivity index (χ3n) is 6.14. The van der Waals surface area contributed by atoms with Crippen molar-refractivity contribution in [2.24, 2.45) is 17.8 Å². The Morgan fingerprint density at radius 3 is 2.48 bits per heavy atom. The van der Waals surface area contributed by atoms with E-state index in [1.807, 2.05) is 68.4 Å². The minimum absolute atomic E-state index is 0.178. The van der Waals surface area contributed by atoms with Gasteiger partial charge in [-0.2, -0.15) is 0 Å². The van der Waals surface area contributed by atoms with Gasteiger partial charge < -0.3 is 4.74 Å².